The van der Waals surface area contributed by atoms with E-state index in [1.165, 1.54) is 12.8 Å². The average molecular weight is 154 g/mol. The third kappa shape index (κ3) is 4.23. The molecule has 0 amide bonds. The summed E-state index contributed by atoms with van der Waals surface area (Å²) < 4.78 is 0. The van der Waals surface area contributed by atoms with Crippen LogP contribution in [0.2, 0.25) is 0 Å². The molecule has 0 aromatic heterocycles. The topological polar surface area (TPSA) is 0 Å². The number of hydrogen-bond acceptors (Lipinski definition) is 0. The Morgan fingerprint density at radius 2 is 1.55 bits per heavy atom. The Labute approximate surface area is 71.7 Å². The van der Waals surface area contributed by atoms with E-state index in [2.05, 4.69) is 40.7 Å². The predicted octanol–water partition coefficient (Wildman–Crippen LogP) is 4.02. The first-order valence-corrected chi connectivity index (χ1v) is 4.81. The molecule has 0 aliphatic carbocycles. The highest BCUT2D eigenvalue weighted by molar-refractivity contribution is 5.02. The molecule has 0 bridgehead atoms. The molecule has 0 fully saturated rings. The van der Waals surface area contributed by atoms with Crippen LogP contribution < -0.4 is 0 Å². The summed E-state index contributed by atoms with van der Waals surface area (Å²) in [6, 6.07) is 0. The fourth-order valence-corrected chi connectivity index (χ4v) is 1.05. The second kappa shape index (κ2) is 5.40. The van der Waals surface area contributed by atoms with E-state index < -0.39 is 0 Å². The lowest BCUT2D eigenvalue weighted by Gasteiger charge is -2.12. The molecule has 0 spiro atoms. The number of allylic oxidation sites excluding steroid dienone is 2. The summed E-state index contributed by atoms with van der Waals surface area (Å²) in [6.07, 6.45) is 4.87. The largest absolute Gasteiger partial charge is 0.0823 e. The molecule has 0 heterocycles. The van der Waals surface area contributed by atoms with Crippen molar-refractivity contribution in [3.63, 3.8) is 0 Å². The van der Waals surface area contributed by atoms with E-state index in [1.54, 1.807) is 5.57 Å². The Morgan fingerprint density at radius 1 is 1.09 bits per heavy atom. The van der Waals surface area contributed by atoms with Gasteiger partial charge in [-0.05, 0) is 24.7 Å². The highest BCUT2D eigenvalue weighted by Crippen LogP contribution is 2.16. The highest BCUT2D eigenvalue weighted by atomic mass is 14.1. The third-order valence-corrected chi connectivity index (χ3v) is 2.46. The maximum atomic E-state index is 2.44. The van der Waals surface area contributed by atoms with Gasteiger partial charge in [0.15, 0.2) is 0 Å². The van der Waals surface area contributed by atoms with Gasteiger partial charge >= 0.3 is 0 Å². The lowest BCUT2D eigenvalue weighted by molar-refractivity contribution is 0.500. The van der Waals surface area contributed by atoms with Crippen LogP contribution in [0.1, 0.15) is 47.5 Å². The quantitative estimate of drug-likeness (QED) is 0.536. The van der Waals surface area contributed by atoms with Crippen molar-refractivity contribution in [1.82, 2.24) is 0 Å². The smallest absolute Gasteiger partial charge is 0.0236 e. The van der Waals surface area contributed by atoms with Gasteiger partial charge in [-0.3, -0.25) is 0 Å². The van der Waals surface area contributed by atoms with Crippen molar-refractivity contribution >= 4 is 0 Å². The van der Waals surface area contributed by atoms with Gasteiger partial charge in [0, 0.05) is 0 Å². The summed E-state index contributed by atoms with van der Waals surface area (Å²) in [7, 11) is 0. The van der Waals surface area contributed by atoms with Gasteiger partial charge < -0.3 is 0 Å². The summed E-state index contributed by atoms with van der Waals surface area (Å²) in [5.74, 6) is 1.52. The molecule has 0 N–H and O–H groups in total. The van der Waals surface area contributed by atoms with Crippen LogP contribution in [-0.4, -0.2) is 0 Å². The molecule has 0 nitrogen and oxygen atoms in total. The minimum absolute atomic E-state index is 0.741. The van der Waals surface area contributed by atoms with Crippen molar-refractivity contribution in [2.24, 2.45) is 11.8 Å². The van der Waals surface area contributed by atoms with E-state index in [4.69, 9.17) is 0 Å². The van der Waals surface area contributed by atoms with Crippen LogP contribution in [0, 0.1) is 11.8 Å². The Hall–Kier alpha value is -0.260. The molecule has 0 heteroatoms. The molecule has 0 aliphatic heterocycles. The molecule has 0 aliphatic rings. The first-order chi connectivity index (χ1) is 5.11. The van der Waals surface area contributed by atoms with Gasteiger partial charge in [0.05, 0.1) is 0 Å². The SMILES string of the molecule is CCC(=CC(C)C(C)C)CC. The van der Waals surface area contributed by atoms with E-state index in [1.807, 2.05) is 0 Å². The van der Waals surface area contributed by atoms with Crippen molar-refractivity contribution in [1.29, 1.82) is 0 Å². The molecular weight excluding hydrogens is 132 g/mol. The zero-order valence-corrected chi connectivity index (χ0v) is 8.65. The summed E-state index contributed by atoms with van der Waals surface area (Å²) >= 11 is 0. The van der Waals surface area contributed by atoms with Crippen molar-refractivity contribution in [2.45, 2.75) is 47.5 Å². The van der Waals surface area contributed by atoms with Crippen LogP contribution in [0.4, 0.5) is 0 Å². The predicted molar refractivity (Wildman–Crippen MR) is 52.7 cm³/mol. The van der Waals surface area contributed by atoms with Crippen LogP contribution in [0.15, 0.2) is 11.6 Å². The fraction of sp³-hybridized carbons (Fsp3) is 0.818. The average Bonchev–Trinajstić information content (AvgIpc) is 1.99. The van der Waals surface area contributed by atoms with E-state index in [0.29, 0.717) is 0 Å². The van der Waals surface area contributed by atoms with Crippen molar-refractivity contribution in [3.8, 4) is 0 Å². The minimum Gasteiger partial charge on any atom is -0.0823 e. The van der Waals surface area contributed by atoms with E-state index in [9.17, 15) is 0 Å². The number of hydrogen-bond donors (Lipinski definition) is 0. The van der Waals surface area contributed by atoms with Gasteiger partial charge in [-0.2, -0.15) is 0 Å². The molecule has 1 atom stereocenters. The van der Waals surface area contributed by atoms with Crippen LogP contribution in [0.5, 0.6) is 0 Å². The van der Waals surface area contributed by atoms with Crippen LogP contribution in [-0.2, 0) is 0 Å². The first kappa shape index (κ1) is 10.7. The van der Waals surface area contributed by atoms with Crippen LogP contribution in [0.3, 0.4) is 0 Å². The summed E-state index contributed by atoms with van der Waals surface area (Å²) in [5.41, 5.74) is 1.60. The van der Waals surface area contributed by atoms with Gasteiger partial charge in [-0.15, -0.1) is 0 Å². The Balaban J connectivity index is 4.03. The molecule has 0 aromatic carbocycles. The second-order valence-corrected chi connectivity index (χ2v) is 3.64. The highest BCUT2D eigenvalue weighted by Gasteiger charge is 2.03. The van der Waals surface area contributed by atoms with Crippen molar-refractivity contribution in [2.75, 3.05) is 0 Å². The molecule has 0 radical (unpaired) electrons. The van der Waals surface area contributed by atoms with E-state index in [-0.39, 0.29) is 0 Å². The van der Waals surface area contributed by atoms with Gasteiger partial charge in [0.2, 0.25) is 0 Å². The molecule has 66 valence electrons. The molecule has 11 heavy (non-hydrogen) atoms. The fourth-order valence-electron chi connectivity index (χ4n) is 1.05. The second-order valence-electron chi connectivity index (χ2n) is 3.64. The standard InChI is InChI=1S/C11H22/c1-6-11(7-2)8-10(5)9(3)4/h8-10H,6-7H2,1-5H3. The van der Waals surface area contributed by atoms with E-state index >= 15 is 0 Å². The minimum atomic E-state index is 0.741. The van der Waals surface area contributed by atoms with Gasteiger partial charge in [-0.25, -0.2) is 0 Å². The van der Waals surface area contributed by atoms with Crippen molar-refractivity contribution in [3.05, 3.63) is 11.6 Å². The molecule has 0 saturated carbocycles. The van der Waals surface area contributed by atoms with Crippen LogP contribution >= 0.6 is 0 Å². The van der Waals surface area contributed by atoms with Gasteiger partial charge in [0.1, 0.15) is 0 Å². The third-order valence-electron chi connectivity index (χ3n) is 2.46. The Morgan fingerprint density at radius 3 is 1.82 bits per heavy atom. The Kier molecular flexibility index (Phi) is 5.27. The van der Waals surface area contributed by atoms with Crippen LogP contribution in [0.25, 0.3) is 0 Å². The summed E-state index contributed by atoms with van der Waals surface area (Å²) in [5, 5.41) is 0. The molecule has 0 rings (SSSR count). The first-order valence-electron chi connectivity index (χ1n) is 4.81. The van der Waals surface area contributed by atoms with E-state index in [0.717, 1.165) is 11.8 Å². The zero-order chi connectivity index (χ0) is 8.85. The Bertz CT molecular complexity index is 114. The van der Waals surface area contributed by atoms with Crippen molar-refractivity contribution < 1.29 is 0 Å². The maximum absolute atomic E-state index is 2.44. The molecule has 1 unspecified atom stereocenters. The molecular formula is C11H22. The lowest BCUT2D eigenvalue weighted by atomic mass is 9.94. The summed E-state index contributed by atoms with van der Waals surface area (Å²) in [4.78, 5) is 0. The van der Waals surface area contributed by atoms with Gasteiger partial charge in [0.25, 0.3) is 0 Å². The molecule has 0 aromatic rings. The maximum Gasteiger partial charge on any atom is -0.0236 e. The number of rotatable bonds is 4. The normalized spacial score (nSPS) is 13.3. The summed E-state index contributed by atoms with van der Waals surface area (Å²) in [6.45, 7) is 11.3. The lowest BCUT2D eigenvalue weighted by Crippen LogP contribution is -2.00. The monoisotopic (exact) mass is 154 g/mol. The molecule has 0 saturated heterocycles. The zero-order valence-electron chi connectivity index (χ0n) is 8.65. The van der Waals surface area contributed by atoms with Gasteiger partial charge in [-0.1, -0.05) is 46.3 Å².